The molecule has 1 N–H and O–H groups in total. The Morgan fingerprint density at radius 2 is 2.00 bits per heavy atom. The fourth-order valence-electron chi connectivity index (χ4n) is 3.21. The normalized spacial score (nSPS) is 16.9. The third-order valence-electron chi connectivity index (χ3n) is 4.35. The summed E-state index contributed by atoms with van der Waals surface area (Å²) in [7, 11) is 0. The lowest BCUT2D eigenvalue weighted by atomic mass is 9.95. The maximum absolute atomic E-state index is 13.3. The van der Waals surface area contributed by atoms with Gasteiger partial charge in [0.15, 0.2) is 0 Å². The van der Waals surface area contributed by atoms with E-state index in [2.05, 4.69) is 22.1 Å². The summed E-state index contributed by atoms with van der Waals surface area (Å²) >= 11 is 0. The van der Waals surface area contributed by atoms with E-state index in [4.69, 9.17) is 0 Å². The van der Waals surface area contributed by atoms with Crippen molar-refractivity contribution in [3.8, 4) is 0 Å². The number of halogens is 1. The average molecular weight is 274 g/mol. The highest BCUT2D eigenvalue weighted by Gasteiger charge is 2.11. The molecule has 2 aromatic rings. The molecule has 2 nitrogen and oxygen atoms in total. The molecule has 0 amide bonds. The molecule has 1 heterocycles. The summed E-state index contributed by atoms with van der Waals surface area (Å²) in [5.74, 6) is -0.155. The average Bonchev–Trinajstić information content (AvgIpc) is 2.87. The topological polar surface area (TPSA) is 17.0 Å². The molecule has 3 rings (SSSR count). The summed E-state index contributed by atoms with van der Waals surface area (Å²) in [6.07, 6.45) is 9.97. The van der Waals surface area contributed by atoms with Gasteiger partial charge in [-0.15, -0.1) is 0 Å². The molecule has 1 aliphatic rings. The second-order valence-corrected chi connectivity index (χ2v) is 5.85. The maximum atomic E-state index is 13.3. The standard InChI is InChI=1S/C17H23FN2/c18-15-8-7-14-9-12-20(17(14)13-15)11-4-10-19-16-5-2-1-3-6-16/h7-9,12-13,16,19H,1-6,10-11H2. The van der Waals surface area contributed by atoms with Gasteiger partial charge in [0.05, 0.1) is 5.52 Å². The number of nitrogens with zero attached hydrogens (tertiary/aromatic N) is 1. The maximum Gasteiger partial charge on any atom is 0.125 e. The molecule has 1 aromatic heterocycles. The first kappa shape index (κ1) is 13.6. The fourth-order valence-corrected chi connectivity index (χ4v) is 3.21. The van der Waals surface area contributed by atoms with Crippen LogP contribution in [0.15, 0.2) is 30.5 Å². The van der Waals surface area contributed by atoms with Crippen LogP contribution in [0.1, 0.15) is 38.5 Å². The van der Waals surface area contributed by atoms with Gasteiger partial charge in [-0.25, -0.2) is 4.39 Å². The van der Waals surface area contributed by atoms with Crippen LogP contribution in [0, 0.1) is 5.82 Å². The monoisotopic (exact) mass is 274 g/mol. The van der Waals surface area contributed by atoms with Gasteiger partial charge in [-0.3, -0.25) is 0 Å². The second kappa shape index (κ2) is 6.40. The Kier molecular flexibility index (Phi) is 4.36. The summed E-state index contributed by atoms with van der Waals surface area (Å²) in [6.45, 7) is 2.01. The zero-order valence-electron chi connectivity index (χ0n) is 11.9. The Hall–Kier alpha value is -1.35. The van der Waals surface area contributed by atoms with E-state index in [-0.39, 0.29) is 5.82 Å². The van der Waals surface area contributed by atoms with Crippen LogP contribution in [0.25, 0.3) is 10.9 Å². The van der Waals surface area contributed by atoms with Crippen LogP contribution in [0.5, 0.6) is 0 Å². The number of rotatable bonds is 5. The molecule has 1 aromatic carbocycles. The molecule has 0 aliphatic heterocycles. The molecular formula is C17H23FN2. The van der Waals surface area contributed by atoms with Crippen molar-refractivity contribution in [2.24, 2.45) is 0 Å². The summed E-state index contributed by atoms with van der Waals surface area (Å²) < 4.78 is 15.5. The van der Waals surface area contributed by atoms with Crippen molar-refractivity contribution in [2.75, 3.05) is 6.54 Å². The van der Waals surface area contributed by atoms with Gasteiger partial charge in [-0.2, -0.15) is 0 Å². The molecule has 108 valence electrons. The highest BCUT2D eigenvalue weighted by molar-refractivity contribution is 5.80. The van der Waals surface area contributed by atoms with Crippen LogP contribution in [-0.2, 0) is 6.54 Å². The number of benzene rings is 1. The predicted molar refractivity (Wildman–Crippen MR) is 81.4 cm³/mol. The lowest BCUT2D eigenvalue weighted by Crippen LogP contribution is -2.32. The molecule has 0 bridgehead atoms. The van der Waals surface area contributed by atoms with E-state index in [1.54, 1.807) is 6.07 Å². The van der Waals surface area contributed by atoms with E-state index in [9.17, 15) is 4.39 Å². The van der Waals surface area contributed by atoms with Gasteiger partial charge < -0.3 is 9.88 Å². The van der Waals surface area contributed by atoms with E-state index < -0.39 is 0 Å². The zero-order chi connectivity index (χ0) is 13.8. The van der Waals surface area contributed by atoms with Crippen LogP contribution in [0.2, 0.25) is 0 Å². The summed E-state index contributed by atoms with van der Waals surface area (Å²) in [6, 6.07) is 7.79. The summed E-state index contributed by atoms with van der Waals surface area (Å²) in [4.78, 5) is 0. The third-order valence-corrected chi connectivity index (χ3v) is 4.35. The Morgan fingerprint density at radius 3 is 2.85 bits per heavy atom. The van der Waals surface area contributed by atoms with Gasteiger partial charge in [0, 0.05) is 18.8 Å². The Bertz CT molecular complexity index is 555. The van der Waals surface area contributed by atoms with Crippen LogP contribution in [0.3, 0.4) is 0 Å². The number of hydrogen-bond donors (Lipinski definition) is 1. The molecular weight excluding hydrogens is 251 g/mol. The van der Waals surface area contributed by atoms with Crippen molar-refractivity contribution in [2.45, 2.75) is 51.1 Å². The van der Waals surface area contributed by atoms with Crippen LogP contribution >= 0.6 is 0 Å². The lowest BCUT2D eigenvalue weighted by molar-refractivity contribution is 0.369. The first-order valence-corrected chi connectivity index (χ1v) is 7.81. The van der Waals surface area contributed by atoms with E-state index in [1.165, 1.54) is 38.2 Å². The highest BCUT2D eigenvalue weighted by Crippen LogP contribution is 2.18. The highest BCUT2D eigenvalue weighted by atomic mass is 19.1. The van der Waals surface area contributed by atoms with E-state index in [0.717, 1.165) is 36.5 Å². The van der Waals surface area contributed by atoms with Gasteiger partial charge in [0.1, 0.15) is 5.82 Å². The van der Waals surface area contributed by atoms with Gasteiger partial charge in [0.2, 0.25) is 0 Å². The Morgan fingerprint density at radius 1 is 1.15 bits per heavy atom. The van der Waals surface area contributed by atoms with E-state index in [0.29, 0.717) is 0 Å². The first-order chi connectivity index (χ1) is 9.83. The molecule has 1 fully saturated rings. The van der Waals surface area contributed by atoms with Crippen molar-refractivity contribution in [3.05, 3.63) is 36.3 Å². The van der Waals surface area contributed by atoms with Crippen molar-refractivity contribution in [3.63, 3.8) is 0 Å². The van der Waals surface area contributed by atoms with Crippen LogP contribution in [0.4, 0.5) is 4.39 Å². The molecule has 1 saturated carbocycles. The second-order valence-electron chi connectivity index (χ2n) is 5.85. The molecule has 20 heavy (non-hydrogen) atoms. The Labute approximate surface area is 120 Å². The lowest BCUT2D eigenvalue weighted by Gasteiger charge is -2.22. The van der Waals surface area contributed by atoms with Gasteiger partial charge in [-0.1, -0.05) is 19.3 Å². The predicted octanol–water partition coefficient (Wildman–Crippen LogP) is 4.09. The molecule has 0 atom stereocenters. The molecule has 3 heteroatoms. The number of fused-ring (bicyclic) bond motifs is 1. The van der Waals surface area contributed by atoms with Crippen LogP contribution in [-0.4, -0.2) is 17.2 Å². The van der Waals surface area contributed by atoms with Crippen molar-refractivity contribution in [1.82, 2.24) is 9.88 Å². The van der Waals surface area contributed by atoms with Gasteiger partial charge >= 0.3 is 0 Å². The number of aryl methyl sites for hydroxylation is 1. The minimum atomic E-state index is -0.155. The quantitative estimate of drug-likeness (QED) is 0.812. The first-order valence-electron chi connectivity index (χ1n) is 7.81. The molecule has 0 saturated heterocycles. The smallest absolute Gasteiger partial charge is 0.125 e. The van der Waals surface area contributed by atoms with Crippen LogP contribution < -0.4 is 5.32 Å². The van der Waals surface area contributed by atoms with E-state index >= 15 is 0 Å². The fraction of sp³-hybridized carbons (Fsp3) is 0.529. The SMILES string of the molecule is Fc1ccc2ccn(CCCNC3CCCCC3)c2c1. The number of nitrogens with one attached hydrogen (secondary N) is 1. The number of aromatic nitrogens is 1. The minimum absolute atomic E-state index is 0.155. The van der Waals surface area contributed by atoms with Crippen molar-refractivity contribution >= 4 is 10.9 Å². The third kappa shape index (κ3) is 3.21. The molecule has 0 radical (unpaired) electrons. The van der Waals surface area contributed by atoms with E-state index in [1.807, 2.05) is 6.07 Å². The largest absolute Gasteiger partial charge is 0.347 e. The van der Waals surface area contributed by atoms with Crippen molar-refractivity contribution < 1.29 is 4.39 Å². The van der Waals surface area contributed by atoms with Gasteiger partial charge in [0.25, 0.3) is 0 Å². The van der Waals surface area contributed by atoms with Crippen molar-refractivity contribution in [1.29, 1.82) is 0 Å². The van der Waals surface area contributed by atoms with Gasteiger partial charge in [-0.05, 0) is 55.5 Å². The summed E-state index contributed by atoms with van der Waals surface area (Å²) in [5.41, 5.74) is 1.00. The zero-order valence-corrected chi connectivity index (χ0v) is 11.9. The molecule has 0 spiro atoms. The molecule has 1 aliphatic carbocycles. The summed E-state index contributed by atoms with van der Waals surface area (Å²) in [5, 5.41) is 4.77. The Balaban J connectivity index is 1.50. The number of hydrogen-bond acceptors (Lipinski definition) is 1. The molecule has 0 unspecified atom stereocenters. The minimum Gasteiger partial charge on any atom is -0.347 e.